The van der Waals surface area contributed by atoms with E-state index in [0.717, 1.165) is 34.4 Å². The van der Waals surface area contributed by atoms with Crippen LogP contribution in [0.5, 0.6) is 11.5 Å². The van der Waals surface area contributed by atoms with E-state index in [0.29, 0.717) is 12.5 Å². The van der Waals surface area contributed by atoms with Crippen LogP contribution in [-0.2, 0) is 0 Å². The molecule has 110 valence electrons. The Morgan fingerprint density at radius 1 is 1.33 bits per heavy atom. The second-order valence-electron chi connectivity index (χ2n) is 5.47. The van der Waals surface area contributed by atoms with Gasteiger partial charge in [0, 0.05) is 35.5 Å². The van der Waals surface area contributed by atoms with Crippen molar-refractivity contribution in [3.8, 4) is 11.5 Å². The minimum Gasteiger partial charge on any atom is -0.497 e. The maximum absolute atomic E-state index is 5.73. The molecule has 1 aromatic carbocycles. The first-order chi connectivity index (χ1) is 10.3. The third-order valence-corrected chi connectivity index (χ3v) is 4.60. The standard InChI is InChI=1S/C15H17N3O2S/c1-19-10-4-5-11-12(6-7-20-13(11)8-10)16-15-17-14(18-21-15)9-2-3-9/h4-5,8-9,12H,2-3,6-7H2,1H3,(H,16,17,18)/t12-/m1/s1. The molecule has 2 aromatic rings. The molecule has 0 saturated heterocycles. The van der Waals surface area contributed by atoms with E-state index in [2.05, 4.69) is 20.7 Å². The summed E-state index contributed by atoms with van der Waals surface area (Å²) in [4.78, 5) is 4.60. The van der Waals surface area contributed by atoms with Crippen molar-refractivity contribution in [2.45, 2.75) is 31.2 Å². The van der Waals surface area contributed by atoms with Gasteiger partial charge in [-0.2, -0.15) is 4.37 Å². The summed E-state index contributed by atoms with van der Waals surface area (Å²) in [5.74, 6) is 3.32. The molecule has 4 rings (SSSR count). The van der Waals surface area contributed by atoms with Gasteiger partial charge < -0.3 is 14.8 Å². The molecule has 2 heterocycles. The fourth-order valence-corrected chi connectivity index (χ4v) is 3.30. The maximum atomic E-state index is 5.73. The van der Waals surface area contributed by atoms with Gasteiger partial charge in [-0.1, -0.05) is 0 Å². The van der Waals surface area contributed by atoms with Crippen molar-refractivity contribution < 1.29 is 9.47 Å². The van der Waals surface area contributed by atoms with Crippen LogP contribution >= 0.6 is 11.5 Å². The number of fused-ring (bicyclic) bond motifs is 1. The van der Waals surface area contributed by atoms with E-state index in [1.807, 2.05) is 12.1 Å². The van der Waals surface area contributed by atoms with Gasteiger partial charge in [0.05, 0.1) is 19.8 Å². The Bertz CT molecular complexity index is 654. The van der Waals surface area contributed by atoms with Crippen LogP contribution in [0.2, 0.25) is 0 Å². The van der Waals surface area contributed by atoms with Crippen molar-refractivity contribution in [1.29, 1.82) is 0 Å². The van der Waals surface area contributed by atoms with E-state index in [4.69, 9.17) is 9.47 Å². The molecule has 1 aliphatic heterocycles. The van der Waals surface area contributed by atoms with Crippen LogP contribution in [0.1, 0.15) is 42.6 Å². The number of nitrogens with one attached hydrogen (secondary N) is 1. The molecule has 1 N–H and O–H groups in total. The van der Waals surface area contributed by atoms with E-state index in [1.165, 1.54) is 24.4 Å². The zero-order valence-electron chi connectivity index (χ0n) is 11.8. The molecule has 0 radical (unpaired) electrons. The van der Waals surface area contributed by atoms with Crippen molar-refractivity contribution in [3.05, 3.63) is 29.6 Å². The quantitative estimate of drug-likeness (QED) is 0.938. The van der Waals surface area contributed by atoms with Gasteiger partial charge in [-0.25, -0.2) is 4.98 Å². The van der Waals surface area contributed by atoms with Crippen molar-refractivity contribution in [2.75, 3.05) is 19.0 Å². The zero-order valence-corrected chi connectivity index (χ0v) is 12.7. The van der Waals surface area contributed by atoms with Gasteiger partial charge >= 0.3 is 0 Å². The number of hydrogen-bond acceptors (Lipinski definition) is 6. The molecule has 0 spiro atoms. The van der Waals surface area contributed by atoms with Gasteiger partial charge in [-0.3, -0.25) is 0 Å². The van der Waals surface area contributed by atoms with Crippen LogP contribution in [0.15, 0.2) is 18.2 Å². The molecule has 1 aliphatic carbocycles. The lowest BCUT2D eigenvalue weighted by Crippen LogP contribution is -2.20. The third-order valence-electron chi connectivity index (χ3n) is 3.94. The lowest BCUT2D eigenvalue weighted by molar-refractivity contribution is 0.272. The van der Waals surface area contributed by atoms with Gasteiger partial charge in [0.15, 0.2) is 0 Å². The first-order valence-electron chi connectivity index (χ1n) is 7.24. The molecule has 2 aliphatic rings. The summed E-state index contributed by atoms with van der Waals surface area (Å²) in [6.45, 7) is 0.701. The summed E-state index contributed by atoms with van der Waals surface area (Å²) in [5.41, 5.74) is 1.16. The molecule has 0 bridgehead atoms. The predicted octanol–water partition coefficient (Wildman–Crippen LogP) is 3.36. The highest BCUT2D eigenvalue weighted by molar-refractivity contribution is 7.09. The summed E-state index contributed by atoms with van der Waals surface area (Å²) in [7, 11) is 1.67. The number of benzene rings is 1. The molecule has 1 fully saturated rings. The summed E-state index contributed by atoms with van der Waals surface area (Å²) < 4.78 is 15.4. The monoisotopic (exact) mass is 303 g/mol. The average molecular weight is 303 g/mol. The van der Waals surface area contributed by atoms with Crippen LogP contribution in [0, 0.1) is 0 Å². The smallest absolute Gasteiger partial charge is 0.203 e. The van der Waals surface area contributed by atoms with E-state index in [-0.39, 0.29) is 6.04 Å². The minimum atomic E-state index is 0.222. The fourth-order valence-electron chi connectivity index (χ4n) is 2.60. The Balaban J connectivity index is 1.55. The summed E-state index contributed by atoms with van der Waals surface area (Å²) in [6.07, 6.45) is 3.39. The van der Waals surface area contributed by atoms with Gasteiger partial charge in [0.2, 0.25) is 5.13 Å². The van der Waals surface area contributed by atoms with Crippen LogP contribution in [0.4, 0.5) is 5.13 Å². The maximum Gasteiger partial charge on any atom is 0.203 e. The second kappa shape index (κ2) is 5.18. The number of nitrogens with zero attached hydrogens (tertiary/aromatic N) is 2. The Morgan fingerprint density at radius 2 is 2.24 bits per heavy atom. The highest BCUT2D eigenvalue weighted by Gasteiger charge is 2.29. The number of anilines is 1. The van der Waals surface area contributed by atoms with Gasteiger partial charge in [-0.15, -0.1) is 0 Å². The number of hydrogen-bond donors (Lipinski definition) is 1. The molecule has 0 unspecified atom stereocenters. The van der Waals surface area contributed by atoms with Gasteiger partial charge in [-0.05, 0) is 25.0 Å². The molecule has 1 aromatic heterocycles. The predicted molar refractivity (Wildman–Crippen MR) is 81.4 cm³/mol. The molecule has 5 nitrogen and oxygen atoms in total. The minimum absolute atomic E-state index is 0.222. The second-order valence-corrected chi connectivity index (χ2v) is 6.22. The Hall–Kier alpha value is -1.82. The van der Waals surface area contributed by atoms with E-state index in [9.17, 15) is 0 Å². The summed E-state index contributed by atoms with van der Waals surface area (Å²) >= 11 is 1.46. The number of methoxy groups -OCH3 is 1. The fraction of sp³-hybridized carbons (Fsp3) is 0.467. The first-order valence-corrected chi connectivity index (χ1v) is 8.01. The topological polar surface area (TPSA) is 56.3 Å². The average Bonchev–Trinajstić information content (AvgIpc) is 3.27. The summed E-state index contributed by atoms with van der Waals surface area (Å²) in [6, 6.07) is 6.20. The molecule has 1 saturated carbocycles. The third kappa shape index (κ3) is 2.55. The lowest BCUT2D eigenvalue weighted by Gasteiger charge is -2.26. The largest absolute Gasteiger partial charge is 0.497 e. The lowest BCUT2D eigenvalue weighted by atomic mass is 10.0. The number of rotatable bonds is 4. The van der Waals surface area contributed by atoms with Crippen LogP contribution in [0.25, 0.3) is 0 Å². The summed E-state index contributed by atoms with van der Waals surface area (Å²) in [5, 5.41) is 4.41. The molecule has 0 amide bonds. The molecule has 6 heteroatoms. The SMILES string of the molecule is COc1ccc2c(c1)OCC[C@H]2Nc1nc(C2CC2)ns1. The molecular formula is C15H17N3O2S. The van der Waals surface area contributed by atoms with Crippen molar-refractivity contribution in [1.82, 2.24) is 9.36 Å². The van der Waals surface area contributed by atoms with Crippen molar-refractivity contribution in [2.24, 2.45) is 0 Å². The highest BCUT2D eigenvalue weighted by atomic mass is 32.1. The van der Waals surface area contributed by atoms with E-state index < -0.39 is 0 Å². The Labute approximate surface area is 127 Å². The van der Waals surface area contributed by atoms with Crippen LogP contribution in [0.3, 0.4) is 0 Å². The molecular weight excluding hydrogens is 286 g/mol. The zero-order chi connectivity index (χ0) is 14.2. The molecule has 1 atom stereocenters. The van der Waals surface area contributed by atoms with E-state index >= 15 is 0 Å². The molecule has 21 heavy (non-hydrogen) atoms. The van der Waals surface area contributed by atoms with E-state index in [1.54, 1.807) is 7.11 Å². The highest BCUT2D eigenvalue weighted by Crippen LogP contribution is 2.41. The van der Waals surface area contributed by atoms with Gasteiger partial charge in [0.1, 0.15) is 17.3 Å². The number of aromatic nitrogens is 2. The Kier molecular flexibility index (Phi) is 3.18. The van der Waals surface area contributed by atoms with Crippen molar-refractivity contribution >= 4 is 16.7 Å². The normalized spacial score (nSPS) is 20.5. The number of ether oxygens (including phenoxy) is 2. The Morgan fingerprint density at radius 3 is 3.05 bits per heavy atom. The van der Waals surface area contributed by atoms with Crippen molar-refractivity contribution in [3.63, 3.8) is 0 Å². The van der Waals surface area contributed by atoms with Crippen LogP contribution < -0.4 is 14.8 Å². The first kappa shape index (κ1) is 12.9. The van der Waals surface area contributed by atoms with Gasteiger partial charge in [0.25, 0.3) is 0 Å². The van der Waals surface area contributed by atoms with Crippen LogP contribution in [-0.4, -0.2) is 23.1 Å².